The molecule has 0 radical (unpaired) electrons. The Morgan fingerprint density at radius 2 is 2.29 bits per heavy atom. The molecule has 7 nitrogen and oxygen atoms in total. The summed E-state index contributed by atoms with van der Waals surface area (Å²) in [5.41, 5.74) is 0. The topological polar surface area (TPSA) is 88.9 Å². The van der Waals surface area contributed by atoms with E-state index in [-0.39, 0.29) is 10.9 Å². The first-order chi connectivity index (χ1) is 10.0. The molecular formula is C12H19N5O2S2. The van der Waals surface area contributed by atoms with Crippen molar-refractivity contribution in [2.24, 2.45) is 0 Å². The van der Waals surface area contributed by atoms with Crippen LogP contribution in [0.3, 0.4) is 0 Å². The van der Waals surface area contributed by atoms with Crippen molar-refractivity contribution in [1.82, 2.24) is 24.8 Å². The minimum atomic E-state index is -3.58. The molecule has 0 amide bonds. The van der Waals surface area contributed by atoms with E-state index in [1.807, 2.05) is 12.4 Å². The number of nitrogens with zero attached hydrogens (tertiary/aromatic N) is 3. The quantitative estimate of drug-likeness (QED) is 0.705. The fourth-order valence-corrected chi connectivity index (χ4v) is 3.70. The van der Waals surface area contributed by atoms with E-state index in [1.165, 1.54) is 17.5 Å². The largest absolute Gasteiger partial charge is 0.320 e. The van der Waals surface area contributed by atoms with Crippen LogP contribution in [-0.4, -0.2) is 36.8 Å². The van der Waals surface area contributed by atoms with Gasteiger partial charge in [0.1, 0.15) is 9.90 Å². The second-order valence-electron chi connectivity index (χ2n) is 4.61. The van der Waals surface area contributed by atoms with Gasteiger partial charge >= 0.3 is 0 Å². The van der Waals surface area contributed by atoms with Crippen LogP contribution < -0.4 is 10.0 Å². The summed E-state index contributed by atoms with van der Waals surface area (Å²) in [5, 5.41) is 9.68. The molecule has 0 saturated carbocycles. The molecule has 0 aromatic carbocycles. The fourth-order valence-electron chi connectivity index (χ4n) is 1.82. The molecule has 0 saturated heterocycles. The highest BCUT2D eigenvalue weighted by molar-refractivity contribution is 7.89. The summed E-state index contributed by atoms with van der Waals surface area (Å²) in [6, 6.07) is -0.359. The van der Waals surface area contributed by atoms with Gasteiger partial charge in [-0.25, -0.2) is 18.1 Å². The molecule has 0 bridgehead atoms. The lowest BCUT2D eigenvalue weighted by Crippen LogP contribution is -2.26. The number of aromatic nitrogens is 3. The van der Waals surface area contributed by atoms with Crippen LogP contribution in [0.1, 0.15) is 24.4 Å². The number of rotatable bonds is 8. The number of hydrogen-bond acceptors (Lipinski definition) is 6. The van der Waals surface area contributed by atoms with E-state index in [0.717, 1.165) is 18.0 Å². The zero-order chi connectivity index (χ0) is 15.3. The minimum Gasteiger partial charge on any atom is -0.320 e. The van der Waals surface area contributed by atoms with Gasteiger partial charge in [0.05, 0.1) is 12.2 Å². The van der Waals surface area contributed by atoms with Crippen LogP contribution in [0.15, 0.2) is 28.9 Å². The normalized spacial score (nSPS) is 13.4. The van der Waals surface area contributed by atoms with Gasteiger partial charge in [0, 0.05) is 24.3 Å². The Morgan fingerprint density at radius 3 is 2.95 bits per heavy atom. The second kappa shape index (κ2) is 7.12. The van der Waals surface area contributed by atoms with E-state index in [9.17, 15) is 8.42 Å². The summed E-state index contributed by atoms with van der Waals surface area (Å²) >= 11 is 1.42. The second-order valence-corrected chi connectivity index (χ2v) is 7.25. The summed E-state index contributed by atoms with van der Waals surface area (Å²) in [6.45, 7) is 3.31. The zero-order valence-corrected chi connectivity index (χ0v) is 13.6. The van der Waals surface area contributed by atoms with Crippen LogP contribution >= 0.6 is 11.3 Å². The van der Waals surface area contributed by atoms with Crippen LogP contribution in [0.25, 0.3) is 0 Å². The maximum Gasteiger partial charge on any atom is 0.244 e. The minimum absolute atomic E-state index is 0.176. The van der Waals surface area contributed by atoms with Crippen molar-refractivity contribution in [2.75, 3.05) is 13.6 Å². The van der Waals surface area contributed by atoms with E-state index in [0.29, 0.717) is 6.54 Å². The summed E-state index contributed by atoms with van der Waals surface area (Å²) < 4.78 is 28.8. The van der Waals surface area contributed by atoms with Crippen molar-refractivity contribution in [3.63, 3.8) is 0 Å². The van der Waals surface area contributed by atoms with Crippen molar-refractivity contribution >= 4 is 21.4 Å². The summed E-state index contributed by atoms with van der Waals surface area (Å²) in [6.07, 6.45) is 5.47. The predicted molar refractivity (Wildman–Crippen MR) is 81.6 cm³/mol. The van der Waals surface area contributed by atoms with Crippen LogP contribution in [0.5, 0.6) is 0 Å². The third-order valence-corrected chi connectivity index (χ3v) is 5.34. The van der Waals surface area contributed by atoms with Gasteiger partial charge in [0.2, 0.25) is 10.0 Å². The van der Waals surface area contributed by atoms with Crippen molar-refractivity contribution < 1.29 is 8.42 Å². The maximum absolute atomic E-state index is 12.3. The van der Waals surface area contributed by atoms with Crippen molar-refractivity contribution in [3.05, 3.63) is 29.0 Å². The van der Waals surface area contributed by atoms with E-state index < -0.39 is 10.0 Å². The molecule has 0 spiro atoms. The van der Waals surface area contributed by atoms with Crippen LogP contribution in [-0.2, 0) is 16.6 Å². The Labute approximate surface area is 128 Å². The molecule has 2 aromatic rings. The summed E-state index contributed by atoms with van der Waals surface area (Å²) in [5.74, 6) is 0. The first-order valence-electron chi connectivity index (χ1n) is 6.61. The molecule has 116 valence electrons. The Morgan fingerprint density at radius 1 is 1.48 bits per heavy atom. The highest BCUT2D eigenvalue weighted by atomic mass is 32.2. The zero-order valence-electron chi connectivity index (χ0n) is 12.0. The van der Waals surface area contributed by atoms with E-state index in [1.54, 1.807) is 24.0 Å². The van der Waals surface area contributed by atoms with Crippen molar-refractivity contribution in [2.45, 2.75) is 30.8 Å². The van der Waals surface area contributed by atoms with Crippen LogP contribution in [0.2, 0.25) is 0 Å². The Balaban J connectivity index is 2.02. The first kappa shape index (κ1) is 16.1. The lowest BCUT2D eigenvalue weighted by molar-refractivity contribution is 0.557. The van der Waals surface area contributed by atoms with Crippen molar-refractivity contribution in [3.8, 4) is 0 Å². The van der Waals surface area contributed by atoms with Crippen molar-refractivity contribution in [1.29, 1.82) is 0 Å². The van der Waals surface area contributed by atoms with Gasteiger partial charge in [-0.05, 0) is 26.9 Å². The predicted octanol–water partition coefficient (Wildman–Crippen LogP) is 0.989. The van der Waals surface area contributed by atoms with E-state index in [2.05, 4.69) is 20.1 Å². The maximum atomic E-state index is 12.3. The molecule has 2 N–H and O–H groups in total. The highest BCUT2D eigenvalue weighted by Gasteiger charge is 2.21. The number of sulfonamides is 1. The number of aryl methyl sites for hydroxylation is 1. The average Bonchev–Trinajstić information content (AvgIpc) is 3.10. The van der Waals surface area contributed by atoms with Crippen LogP contribution in [0.4, 0.5) is 0 Å². The van der Waals surface area contributed by atoms with E-state index >= 15 is 0 Å². The SMILES string of the molecule is CNCCCn1cc(S(=O)(=O)NC(C)c2nccs2)cn1. The first-order valence-corrected chi connectivity index (χ1v) is 8.98. The Bertz CT molecular complexity index is 651. The molecule has 2 aromatic heterocycles. The van der Waals surface area contributed by atoms with Gasteiger partial charge in [0.15, 0.2) is 0 Å². The van der Waals surface area contributed by atoms with E-state index in [4.69, 9.17) is 0 Å². The lowest BCUT2D eigenvalue weighted by atomic mass is 10.4. The van der Waals surface area contributed by atoms with Crippen LogP contribution in [0, 0.1) is 0 Å². The fraction of sp³-hybridized carbons (Fsp3) is 0.500. The molecule has 0 fully saturated rings. The number of nitrogens with one attached hydrogen (secondary N) is 2. The molecule has 9 heteroatoms. The Hall–Kier alpha value is -1.29. The summed E-state index contributed by atoms with van der Waals surface area (Å²) in [4.78, 5) is 4.29. The smallest absolute Gasteiger partial charge is 0.244 e. The summed E-state index contributed by atoms with van der Waals surface area (Å²) in [7, 11) is -1.70. The highest BCUT2D eigenvalue weighted by Crippen LogP contribution is 2.18. The molecular weight excluding hydrogens is 310 g/mol. The lowest BCUT2D eigenvalue weighted by Gasteiger charge is -2.10. The molecule has 1 unspecified atom stereocenters. The van der Waals surface area contributed by atoms with Gasteiger partial charge in [-0.3, -0.25) is 4.68 Å². The molecule has 0 aliphatic carbocycles. The van der Waals surface area contributed by atoms with Gasteiger partial charge in [0.25, 0.3) is 0 Å². The molecule has 1 atom stereocenters. The molecule has 2 rings (SSSR count). The molecule has 0 aliphatic rings. The third-order valence-electron chi connectivity index (χ3n) is 2.89. The van der Waals surface area contributed by atoms with Gasteiger partial charge in [-0.2, -0.15) is 5.10 Å². The number of hydrogen-bond donors (Lipinski definition) is 2. The molecule has 0 aliphatic heterocycles. The molecule has 2 heterocycles. The molecule has 21 heavy (non-hydrogen) atoms. The standard InChI is InChI=1S/C12H19N5O2S2/c1-10(12-14-5-7-20-12)16-21(18,19)11-8-15-17(9-11)6-3-4-13-2/h5,7-10,13,16H,3-4,6H2,1-2H3. The Kier molecular flexibility index (Phi) is 5.45. The van der Waals surface area contributed by atoms with Gasteiger partial charge in [-0.15, -0.1) is 11.3 Å². The van der Waals surface area contributed by atoms with Gasteiger partial charge < -0.3 is 5.32 Å². The third kappa shape index (κ3) is 4.34. The van der Waals surface area contributed by atoms with Gasteiger partial charge in [-0.1, -0.05) is 0 Å². The number of thiazole rings is 1. The monoisotopic (exact) mass is 329 g/mol. The average molecular weight is 329 g/mol.